The molecule has 0 saturated carbocycles. The smallest absolute Gasteiger partial charge is 0.296 e. The monoisotopic (exact) mass is 561 g/mol. The Hall–Kier alpha value is -3.16. The molecule has 4 atom stereocenters. The molecule has 38 heavy (non-hydrogen) atoms. The number of pyridine rings is 1. The molecule has 0 bridgehead atoms. The van der Waals surface area contributed by atoms with Crippen molar-refractivity contribution >= 4 is 39.0 Å². The number of hydrogen-bond acceptors (Lipinski definition) is 9. The fourth-order valence-electron chi connectivity index (χ4n) is 4.67. The van der Waals surface area contributed by atoms with Gasteiger partial charge in [-0.1, -0.05) is 35.9 Å². The van der Waals surface area contributed by atoms with Crippen LogP contribution in [0, 0.1) is 11.6 Å². The second kappa shape index (κ2) is 9.86. The maximum absolute atomic E-state index is 14.7. The molecule has 2 aliphatic heterocycles. The summed E-state index contributed by atoms with van der Waals surface area (Å²) in [6.45, 7) is 0.446. The van der Waals surface area contributed by atoms with Crippen molar-refractivity contribution in [2.45, 2.75) is 24.4 Å². The average molecular weight is 562 g/mol. The van der Waals surface area contributed by atoms with Crippen LogP contribution in [0.3, 0.4) is 0 Å². The van der Waals surface area contributed by atoms with Crippen molar-refractivity contribution in [2.24, 2.45) is 4.36 Å². The van der Waals surface area contributed by atoms with Crippen LogP contribution in [0.25, 0.3) is 33.5 Å². The molecule has 9 nitrogen and oxygen atoms in total. The van der Waals surface area contributed by atoms with Crippen LogP contribution in [-0.4, -0.2) is 63.9 Å². The summed E-state index contributed by atoms with van der Waals surface area (Å²) >= 11 is 6.50. The van der Waals surface area contributed by atoms with Gasteiger partial charge in [-0.25, -0.2) is 13.8 Å². The van der Waals surface area contributed by atoms with Crippen LogP contribution in [0.4, 0.5) is 14.5 Å². The van der Waals surface area contributed by atoms with Crippen molar-refractivity contribution in [3.8, 4) is 28.4 Å². The molecule has 2 aromatic heterocycles. The summed E-state index contributed by atoms with van der Waals surface area (Å²) in [5.74, 6) is -1.64. The van der Waals surface area contributed by atoms with Crippen LogP contribution < -0.4 is 4.74 Å². The van der Waals surface area contributed by atoms with E-state index in [4.69, 9.17) is 25.8 Å². The van der Waals surface area contributed by atoms with Gasteiger partial charge in [0.1, 0.15) is 29.9 Å². The summed E-state index contributed by atoms with van der Waals surface area (Å²) in [6, 6.07) is 10.4. The number of aliphatic hydroxyl groups excluding tert-OH is 1. The second-order valence-electron chi connectivity index (χ2n) is 8.93. The van der Waals surface area contributed by atoms with E-state index < -0.39 is 40.5 Å². The number of rotatable bonds is 5. The van der Waals surface area contributed by atoms with Gasteiger partial charge in [0.05, 0.1) is 35.0 Å². The highest BCUT2D eigenvalue weighted by Gasteiger charge is 2.48. The van der Waals surface area contributed by atoms with Crippen molar-refractivity contribution in [3.63, 3.8) is 0 Å². The van der Waals surface area contributed by atoms with E-state index in [-0.39, 0.29) is 36.6 Å². The standard InChI is InChI=1S/C25H20ClF2N4O5S/c1-38(34)32-13-6-15(27)20(16(28)7-13)11-2-4-12(5-3-11)21-14(26)8-17-24(30-21)31-25(29-17)37-19-10-36-22-18(33)9-35-23(19)22/h2-8,18-19,22-23,33H,9-10H2,1H3,(H,29,30,31)/q-1. The highest BCUT2D eigenvalue weighted by molar-refractivity contribution is 7.74. The third kappa shape index (κ3) is 4.63. The fourth-order valence-corrected chi connectivity index (χ4v) is 5.34. The number of ether oxygens (including phenoxy) is 3. The van der Waals surface area contributed by atoms with Gasteiger partial charge < -0.3 is 32.9 Å². The van der Waals surface area contributed by atoms with Gasteiger partial charge in [-0.05, 0) is 23.8 Å². The molecule has 0 spiro atoms. The number of aromatic nitrogens is 3. The zero-order chi connectivity index (χ0) is 26.6. The Morgan fingerprint density at radius 1 is 1.08 bits per heavy atom. The minimum Gasteiger partial charge on any atom is -0.456 e. The Morgan fingerprint density at radius 3 is 2.47 bits per heavy atom. The van der Waals surface area contributed by atoms with Gasteiger partial charge in [0, 0.05) is 11.3 Å². The summed E-state index contributed by atoms with van der Waals surface area (Å²) in [5, 5.41) is 10.2. The minimum absolute atomic E-state index is 0.0403. The average Bonchev–Trinajstić information content (AvgIpc) is 3.55. The molecule has 0 amide bonds. The number of aliphatic hydroxyl groups is 1. The van der Waals surface area contributed by atoms with Gasteiger partial charge in [0.25, 0.3) is 6.01 Å². The van der Waals surface area contributed by atoms with E-state index in [0.29, 0.717) is 33.0 Å². The molecule has 4 aromatic rings. The molecule has 2 aromatic carbocycles. The van der Waals surface area contributed by atoms with Crippen LogP contribution in [0.5, 0.6) is 6.01 Å². The lowest BCUT2D eigenvalue weighted by Gasteiger charge is -2.15. The predicted molar refractivity (Wildman–Crippen MR) is 136 cm³/mol. The van der Waals surface area contributed by atoms with Crippen LogP contribution >= 0.6 is 11.6 Å². The highest BCUT2D eigenvalue weighted by Crippen LogP contribution is 2.35. The summed E-state index contributed by atoms with van der Waals surface area (Å²) in [5.41, 5.74) is 1.99. The van der Waals surface area contributed by atoms with E-state index in [0.717, 1.165) is 12.1 Å². The molecule has 2 N–H and O–H groups in total. The van der Waals surface area contributed by atoms with Crippen molar-refractivity contribution in [1.82, 2.24) is 15.0 Å². The maximum Gasteiger partial charge on any atom is 0.296 e. The van der Waals surface area contributed by atoms with Crippen LogP contribution in [0.15, 0.2) is 46.8 Å². The maximum atomic E-state index is 14.7. The Balaban J connectivity index is 1.26. The van der Waals surface area contributed by atoms with Crippen molar-refractivity contribution in [3.05, 3.63) is 59.1 Å². The molecule has 2 fully saturated rings. The quantitative estimate of drug-likeness (QED) is 0.343. The van der Waals surface area contributed by atoms with Gasteiger partial charge in [-0.3, -0.25) is 0 Å². The number of halogens is 3. The lowest BCUT2D eigenvalue weighted by molar-refractivity contribution is 0.00706. The van der Waals surface area contributed by atoms with Crippen LogP contribution in [0.2, 0.25) is 5.02 Å². The third-order valence-corrected chi connectivity index (χ3v) is 7.11. The molecule has 4 unspecified atom stereocenters. The van der Waals surface area contributed by atoms with E-state index in [9.17, 15) is 18.1 Å². The van der Waals surface area contributed by atoms with Crippen LogP contribution in [-0.2, 0) is 24.3 Å². The number of nitrogens with one attached hydrogen (secondary N) is 1. The third-order valence-electron chi connectivity index (χ3n) is 6.36. The number of fused-ring (bicyclic) bond motifs is 2. The highest BCUT2D eigenvalue weighted by atomic mass is 35.5. The second-order valence-corrected chi connectivity index (χ2v) is 10.4. The van der Waals surface area contributed by atoms with Gasteiger partial charge in [-0.2, -0.15) is 15.6 Å². The molecule has 0 radical (unpaired) electrons. The Labute approximate surface area is 221 Å². The lowest BCUT2D eigenvalue weighted by atomic mass is 10.0. The van der Waals surface area contributed by atoms with Gasteiger partial charge in [0.2, 0.25) is 0 Å². The Kier molecular flexibility index (Phi) is 6.52. The lowest BCUT2D eigenvalue weighted by Crippen LogP contribution is -2.34. The summed E-state index contributed by atoms with van der Waals surface area (Å²) < 4.78 is 61.3. The first-order valence-corrected chi connectivity index (χ1v) is 13.5. The first-order chi connectivity index (χ1) is 18.3. The zero-order valence-electron chi connectivity index (χ0n) is 19.7. The first kappa shape index (κ1) is 25.1. The van der Waals surface area contributed by atoms with Crippen molar-refractivity contribution in [2.75, 3.05) is 19.5 Å². The van der Waals surface area contributed by atoms with Gasteiger partial charge in [0.15, 0.2) is 11.8 Å². The molecule has 6 rings (SSSR count). The van der Waals surface area contributed by atoms with E-state index in [1.54, 1.807) is 30.3 Å². The molecule has 4 heterocycles. The fraction of sp³-hybridized carbons (Fsp3) is 0.280. The summed E-state index contributed by atoms with van der Waals surface area (Å²) in [7, 11) is -1.59. The predicted octanol–water partition coefficient (Wildman–Crippen LogP) is 4.54. The summed E-state index contributed by atoms with van der Waals surface area (Å²) in [4.78, 5) is 12.0. The number of aromatic amines is 1. The molecular formula is C25H20ClF2N4O5S-. The zero-order valence-corrected chi connectivity index (χ0v) is 21.3. The van der Waals surface area contributed by atoms with E-state index in [1.807, 2.05) is 0 Å². The van der Waals surface area contributed by atoms with E-state index in [1.165, 1.54) is 6.26 Å². The van der Waals surface area contributed by atoms with Gasteiger partial charge >= 0.3 is 0 Å². The molecule has 2 saturated heterocycles. The van der Waals surface area contributed by atoms with Gasteiger partial charge in [-0.15, -0.1) is 6.26 Å². The van der Waals surface area contributed by atoms with E-state index >= 15 is 0 Å². The van der Waals surface area contributed by atoms with Crippen molar-refractivity contribution in [1.29, 1.82) is 0 Å². The number of hydrogen-bond donors (Lipinski definition) is 2. The van der Waals surface area contributed by atoms with Crippen LogP contribution in [0.1, 0.15) is 0 Å². The van der Waals surface area contributed by atoms with E-state index in [2.05, 4.69) is 19.3 Å². The molecule has 0 aliphatic carbocycles. The number of benzene rings is 2. The first-order valence-electron chi connectivity index (χ1n) is 11.6. The minimum atomic E-state index is -1.59. The number of nitrogens with zero attached hydrogens (tertiary/aromatic N) is 3. The summed E-state index contributed by atoms with van der Waals surface area (Å²) in [6.07, 6.45) is -0.628. The van der Waals surface area contributed by atoms with Crippen molar-refractivity contribution < 1.29 is 32.3 Å². The molecular weight excluding hydrogens is 542 g/mol. The Morgan fingerprint density at radius 2 is 1.76 bits per heavy atom. The molecule has 198 valence electrons. The number of H-pyrrole nitrogens is 1. The largest absolute Gasteiger partial charge is 0.456 e. The normalized spacial score (nSPS) is 23.7. The SMILES string of the molecule is C[S-](=O)=Nc1cc(F)c(-c2ccc(-c3nc4nc(OC5COC6C(O)COC56)[nH]c4cc3Cl)cc2)c(F)c1. The molecule has 2 aliphatic rings. The Bertz CT molecular complexity index is 1600. The molecule has 13 heteroatoms. The number of imidazole rings is 1. The topological polar surface area (TPSA) is 119 Å².